The average molecular weight is 392 g/mol. The Morgan fingerprint density at radius 1 is 1.04 bits per heavy atom. The van der Waals surface area contributed by atoms with Crippen LogP contribution in [0.1, 0.15) is 17.7 Å². The predicted octanol–water partition coefficient (Wildman–Crippen LogP) is 5.69. The van der Waals surface area contributed by atoms with E-state index < -0.39 is 4.92 Å². The van der Waals surface area contributed by atoms with Crippen molar-refractivity contribution in [1.29, 1.82) is 0 Å². The largest absolute Gasteiger partial charge is 0.325 e. The fraction of sp³-hybridized carbons (Fsp3) is 0.136. The van der Waals surface area contributed by atoms with E-state index in [1.807, 2.05) is 67.6 Å². The van der Waals surface area contributed by atoms with Crippen molar-refractivity contribution < 1.29 is 9.72 Å². The number of benzene rings is 3. The standard InChI is InChI=1S/C22H20N2O3S/c1-16(18-10-7-11-19(14-18)24(26)27)28-15-22(25)23-21-13-6-5-12-20(21)17-8-3-2-4-9-17/h2-14,16H,15H2,1H3,(H,23,25)/t16-/m0/s1. The molecule has 0 unspecified atom stereocenters. The van der Waals surface area contributed by atoms with E-state index in [-0.39, 0.29) is 22.6 Å². The SMILES string of the molecule is C[C@H](SCC(=O)Nc1ccccc1-c1ccccc1)c1cccc([N+](=O)[O-])c1. The number of hydrogen-bond donors (Lipinski definition) is 1. The van der Waals surface area contributed by atoms with Gasteiger partial charge in [0.15, 0.2) is 0 Å². The molecule has 28 heavy (non-hydrogen) atoms. The van der Waals surface area contributed by atoms with Crippen molar-refractivity contribution in [3.8, 4) is 11.1 Å². The molecule has 0 aliphatic heterocycles. The summed E-state index contributed by atoms with van der Waals surface area (Å²) in [6, 6.07) is 24.1. The highest BCUT2D eigenvalue weighted by Crippen LogP contribution is 2.31. The van der Waals surface area contributed by atoms with Crippen LogP contribution in [0.5, 0.6) is 0 Å². The predicted molar refractivity (Wildman–Crippen MR) is 114 cm³/mol. The van der Waals surface area contributed by atoms with Gasteiger partial charge in [0.05, 0.1) is 10.7 Å². The molecule has 0 heterocycles. The van der Waals surface area contributed by atoms with Gasteiger partial charge in [0.25, 0.3) is 5.69 Å². The van der Waals surface area contributed by atoms with Crippen molar-refractivity contribution in [2.75, 3.05) is 11.1 Å². The molecule has 142 valence electrons. The highest BCUT2D eigenvalue weighted by atomic mass is 32.2. The Morgan fingerprint density at radius 2 is 1.75 bits per heavy atom. The summed E-state index contributed by atoms with van der Waals surface area (Å²) in [5, 5.41) is 13.9. The molecular formula is C22H20N2O3S. The summed E-state index contributed by atoms with van der Waals surface area (Å²) in [6.07, 6.45) is 0. The number of carbonyl (C=O) groups is 1. The number of nitro groups is 1. The van der Waals surface area contributed by atoms with Crippen molar-refractivity contribution >= 4 is 29.0 Å². The minimum absolute atomic E-state index is 0.0324. The number of hydrogen-bond acceptors (Lipinski definition) is 4. The first-order valence-corrected chi connectivity index (χ1v) is 9.89. The van der Waals surface area contributed by atoms with Gasteiger partial charge in [-0.25, -0.2) is 0 Å². The first-order chi connectivity index (χ1) is 13.5. The summed E-state index contributed by atoms with van der Waals surface area (Å²) in [7, 11) is 0. The van der Waals surface area contributed by atoms with Gasteiger partial charge < -0.3 is 5.32 Å². The van der Waals surface area contributed by atoms with Crippen LogP contribution in [-0.4, -0.2) is 16.6 Å². The molecule has 5 nitrogen and oxygen atoms in total. The van der Waals surface area contributed by atoms with E-state index in [1.54, 1.807) is 12.1 Å². The van der Waals surface area contributed by atoms with Crippen molar-refractivity contribution in [2.24, 2.45) is 0 Å². The fourth-order valence-electron chi connectivity index (χ4n) is 2.84. The summed E-state index contributed by atoms with van der Waals surface area (Å²) in [5.74, 6) is 0.151. The number of nitro benzene ring substituents is 1. The quantitative estimate of drug-likeness (QED) is 0.414. The maximum atomic E-state index is 12.5. The van der Waals surface area contributed by atoms with Gasteiger partial charge in [0.1, 0.15) is 0 Å². The number of nitrogens with one attached hydrogen (secondary N) is 1. The molecule has 0 aliphatic rings. The van der Waals surface area contributed by atoms with Crippen LogP contribution in [0.4, 0.5) is 11.4 Å². The van der Waals surface area contributed by atoms with E-state index in [9.17, 15) is 14.9 Å². The molecule has 0 aromatic heterocycles. The zero-order chi connectivity index (χ0) is 19.9. The number of non-ortho nitro benzene ring substituents is 1. The average Bonchev–Trinajstić information content (AvgIpc) is 2.73. The van der Waals surface area contributed by atoms with Crippen LogP contribution in [0.3, 0.4) is 0 Å². The molecule has 1 atom stereocenters. The molecule has 1 N–H and O–H groups in total. The van der Waals surface area contributed by atoms with Crippen LogP contribution < -0.4 is 5.32 Å². The second kappa shape index (κ2) is 9.19. The summed E-state index contributed by atoms with van der Waals surface area (Å²) < 4.78 is 0. The highest BCUT2D eigenvalue weighted by Gasteiger charge is 2.14. The van der Waals surface area contributed by atoms with Gasteiger partial charge >= 0.3 is 0 Å². The Bertz CT molecular complexity index is 976. The zero-order valence-corrected chi connectivity index (χ0v) is 16.2. The molecule has 0 bridgehead atoms. The number of carbonyl (C=O) groups excluding carboxylic acids is 1. The first kappa shape index (κ1) is 19.6. The Kier molecular flexibility index (Phi) is 6.45. The van der Waals surface area contributed by atoms with Gasteiger partial charge in [-0.3, -0.25) is 14.9 Å². The van der Waals surface area contributed by atoms with Crippen LogP contribution in [0.25, 0.3) is 11.1 Å². The fourth-order valence-corrected chi connectivity index (χ4v) is 3.65. The molecule has 0 aliphatic carbocycles. The number of nitrogens with zero attached hydrogens (tertiary/aromatic N) is 1. The molecule has 0 spiro atoms. The Morgan fingerprint density at radius 3 is 2.50 bits per heavy atom. The van der Waals surface area contributed by atoms with Crippen LogP contribution in [-0.2, 0) is 4.79 Å². The van der Waals surface area contributed by atoms with E-state index in [0.29, 0.717) is 0 Å². The van der Waals surface area contributed by atoms with Crippen molar-refractivity contribution in [3.05, 3.63) is 94.5 Å². The summed E-state index contributed by atoms with van der Waals surface area (Å²) in [4.78, 5) is 23.0. The smallest absolute Gasteiger partial charge is 0.269 e. The molecule has 0 radical (unpaired) electrons. The van der Waals surface area contributed by atoms with Gasteiger partial charge in [-0.2, -0.15) is 0 Å². The molecular weight excluding hydrogens is 372 g/mol. The summed E-state index contributed by atoms with van der Waals surface area (Å²) in [5.41, 5.74) is 3.66. The number of rotatable bonds is 7. The molecule has 6 heteroatoms. The third kappa shape index (κ3) is 4.98. The first-order valence-electron chi connectivity index (χ1n) is 8.85. The summed E-state index contributed by atoms with van der Waals surface area (Å²) in [6.45, 7) is 1.94. The lowest BCUT2D eigenvalue weighted by Crippen LogP contribution is -2.15. The van der Waals surface area contributed by atoms with Crippen molar-refractivity contribution in [1.82, 2.24) is 0 Å². The van der Waals surface area contributed by atoms with E-state index in [4.69, 9.17) is 0 Å². The maximum Gasteiger partial charge on any atom is 0.269 e. The van der Waals surface area contributed by atoms with Crippen LogP contribution in [0, 0.1) is 10.1 Å². The second-order valence-corrected chi connectivity index (χ2v) is 7.59. The van der Waals surface area contributed by atoms with Gasteiger partial charge in [-0.15, -0.1) is 11.8 Å². The topological polar surface area (TPSA) is 72.2 Å². The number of thioether (sulfide) groups is 1. The van der Waals surface area contributed by atoms with E-state index >= 15 is 0 Å². The van der Waals surface area contributed by atoms with Gasteiger partial charge in [-0.1, -0.05) is 60.7 Å². The lowest BCUT2D eigenvalue weighted by atomic mass is 10.0. The van der Waals surface area contributed by atoms with Crippen LogP contribution >= 0.6 is 11.8 Å². The number of anilines is 1. The number of para-hydroxylation sites is 1. The summed E-state index contributed by atoms with van der Waals surface area (Å²) >= 11 is 1.44. The number of amides is 1. The monoisotopic (exact) mass is 392 g/mol. The Labute approximate surface area is 167 Å². The van der Waals surface area contributed by atoms with E-state index in [2.05, 4.69) is 5.32 Å². The minimum Gasteiger partial charge on any atom is -0.325 e. The third-order valence-corrected chi connectivity index (χ3v) is 5.50. The molecule has 0 fully saturated rings. The molecule has 3 rings (SSSR count). The Balaban J connectivity index is 1.64. The second-order valence-electron chi connectivity index (χ2n) is 6.27. The zero-order valence-electron chi connectivity index (χ0n) is 15.4. The molecule has 1 amide bonds. The normalized spacial score (nSPS) is 11.6. The maximum absolute atomic E-state index is 12.5. The van der Waals surface area contributed by atoms with Crippen molar-refractivity contribution in [3.63, 3.8) is 0 Å². The lowest BCUT2D eigenvalue weighted by molar-refractivity contribution is -0.384. The Hall–Kier alpha value is -3.12. The highest BCUT2D eigenvalue weighted by molar-refractivity contribution is 8.00. The van der Waals surface area contributed by atoms with Gasteiger partial charge in [0, 0.05) is 28.6 Å². The van der Waals surface area contributed by atoms with Crippen molar-refractivity contribution in [2.45, 2.75) is 12.2 Å². The molecule has 0 saturated heterocycles. The molecule has 3 aromatic carbocycles. The van der Waals surface area contributed by atoms with E-state index in [1.165, 1.54) is 17.8 Å². The van der Waals surface area contributed by atoms with Crippen LogP contribution in [0.2, 0.25) is 0 Å². The minimum atomic E-state index is -0.409. The van der Waals surface area contributed by atoms with Gasteiger partial charge in [0.2, 0.25) is 5.91 Å². The van der Waals surface area contributed by atoms with E-state index in [0.717, 1.165) is 22.4 Å². The lowest BCUT2D eigenvalue weighted by Gasteiger charge is -2.13. The third-order valence-electron chi connectivity index (χ3n) is 4.30. The molecule has 0 saturated carbocycles. The molecule has 3 aromatic rings. The van der Waals surface area contributed by atoms with Gasteiger partial charge in [-0.05, 0) is 24.1 Å². The van der Waals surface area contributed by atoms with Crippen LogP contribution in [0.15, 0.2) is 78.9 Å².